The number of carbonyl (C=O) groups excluding carboxylic acids is 1. The van der Waals surface area contributed by atoms with Gasteiger partial charge in [0.1, 0.15) is 0 Å². The maximum absolute atomic E-state index is 12.2. The summed E-state index contributed by atoms with van der Waals surface area (Å²) in [5.41, 5.74) is 1.37. The predicted octanol–water partition coefficient (Wildman–Crippen LogP) is 3.88. The number of likely N-dealkylation sites (tertiary alicyclic amines) is 1. The van der Waals surface area contributed by atoms with Crippen molar-refractivity contribution in [2.75, 3.05) is 19.6 Å². The Morgan fingerprint density at radius 3 is 3.14 bits per heavy atom. The van der Waals surface area contributed by atoms with Crippen LogP contribution in [-0.4, -0.2) is 36.5 Å². The van der Waals surface area contributed by atoms with Crippen LogP contribution in [0.3, 0.4) is 0 Å². The van der Waals surface area contributed by atoms with E-state index in [1.54, 1.807) is 11.3 Å². The number of hydrogen-bond donors (Lipinski definition) is 1. The Bertz CT molecular complexity index is 493. The molecule has 22 heavy (non-hydrogen) atoms. The number of nitrogens with zero attached hydrogens (tertiary/aromatic N) is 1. The Kier molecular flexibility index (Phi) is 5.83. The summed E-state index contributed by atoms with van der Waals surface area (Å²) in [5.74, 6) is 2.28. The molecule has 0 radical (unpaired) electrons. The Morgan fingerprint density at radius 1 is 1.41 bits per heavy atom. The lowest BCUT2D eigenvalue weighted by molar-refractivity contribution is 0.0951. The molecule has 1 N–H and O–H groups in total. The molecule has 1 atom stereocenters. The van der Waals surface area contributed by atoms with E-state index in [1.807, 2.05) is 11.8 Å². The molecule has 122 valence electrons. The van der Waals surface area contributed by atoms with Gasteiger partial charge in [-0.25, -0.2) is 0 Å². The van der Waals surface area contributed by atoms with Crippen molar-refractivity contribution in [3.63, 3.8) is 0 Å². The summed E-state index contributed by atoms with van der Waals surface area (Å²) in [6.07, 6.45) is 6.38. The van der Waals surface area contributed by atoms with E-state index in [2.05, 4.69) is 23.2 Å². The van der Waals surface area contributed by atoms with Crippen molar-refractivity contribution < 1.29 is 4.79 Å². The van der Waals surface area contributed by atoms with Gasteiger partial charge in [-0.2, -0.15) is 11.8 Å². The van der Waals surface area contributed by atoms with Gasteiger partial charge in [0, 0.05) is 35.5 Å². The van der Waals surface area contributed by atoms with E-state index in [0.717, 1.165) is 41.9 Å². The van der Waals surface area contributed by atoms with Crippen molar-refractivity contribution >= 4 is 29.0 Å². The highest BCUT2D eigenvalue weighted by Gasteiger charge is 2.21. The van der Waals surface area contributed by atoms with E-state index in [-0.39, 0.29) is 5.91 Å². The minimum Gasteiger partial charge on any atom is -0.351 e. The Balaban J connectivity index is 1.40. The number of fused-ring (bicyclic) bond motifs is 1. The predicted molar refractivity (Wildman–Crippen MR) is 95.8 cm³/mol. The summed E-state index contributed by atoms with van der Waals surface area (Å²) in [6, 6.07) is 2.86. The topological polar surface area (TPSA) is 32.3 Å². The third kappa shape index (κ3) is 3.87. The minimum atomic E-state index is 0.120. The Labute approximate surface area is 141 Å². The molecule has 3 nitrogen and oxygen atoms in total. The van der Waals surface area contributed by atoms with Crippen molar-refractivity contribution in [3.05, 3.63) is 21.4 Å². The van der Waals surface area contributed by atoms with Gasteiger partial charge in [0.15, 0.2) is 0 Å². The maximum Gasteiger partial charge on any atom is 0.261 e. The minimum absolute atomic E-state index is 0.120. The summed E-state index contributed by atoms with van der Waals surface area (Å²) in [6.45, 7) is 5.44. The molecular formula is C17H26N2OS2. The van der Waals surface area contributed by atoms with Crippen LogP contribution in [0.2, 0.25) is 0 Å². The lowest BCUT2D eigenvalue weighted by Gasteiger charge is -2.35. The number of nitrogens with one attached hydrogen (secondary N) is 1. The van der Waals surface area contributed by atoms with Gasteiger partial charge in [-0.15, -0.1) is 11.3 Å². The quantitative estimate of drug-likeness (QED) is 0.799. The molecule has 2 aliphatic heterocycles. The van der Waals surface area contributed by atoms with E-state index < -0.39 is 0 Å². The molecule has 2 aliphatic rings. The SMILES string of the molecule is CCC1CCCCN1CCCNC(=O)c1cc2c(s1)CSC2. The second-order valence-corrected chi connectivity index (χ2v) is 8.38. The Morgan fingerprint density at radius 2 is 2.32 bits per heavy atom. The number of hydrogen-bond acceptors (Lipinski definition) is 4. The first-order chi connectivity index (χ1) is 10.8. The molecule has 0 aromatic carbocycles. The van der Waals surface area contributed by atoms with Crippen molar-refractivity contribution in [1.29, 1.82) is 0 Å². The van der Waals surface area contributed by atoms with Crippen molar-refractivity contribution in [1.82, 2.24) is 10.2 Å². The van der Waals surface area contributed by atoms with Gasteiger partial charge >= 0.3 is 0 Å². The lowest BCUT2D eigenvalue weighted by atomic mass is 10.00. The molecule has 0 spiro atoms. The fraction of sp³-hybridized carbons (Fsp3) is 0.706. The second-order valence-electron chi connectivity index (χ2n) is 6.26. The molecule has 3 rings (SSSR count). The van der Waals surface area contributed by atoms with Crippen LogP contribution in [0, 0.1) is 0 Å². The largest absolute Gasteiger partial charge is 0.351 e. The zero-order valence-electron chi connectivity index (χ0n) is 13.4. The smallest absolute Gasteiger partial charge is 0.261 e. The van der Waals surface area contributed by atoms with Crippen LogP contribution in [0.5, 0.6) is 0 Å². The van der Waals surface area contributed by atoms with E-state index >= 15 is 0 Å². The molecule has 1 aromatic heterocycles. The van der Waals surface area contributed by atoms with Gasteiger partial charge in [0.05, 0.1) is 4.88 Å². The molecule has 1 unspecified atom stereocenters. The number of carbonyl (C=O) groups is 1. The molecule has 1 aromatic rings. The number of piperidine rings is 1. The van der Waals surface area contributed by atoms with Crippen LogP contribution in [0.4, 0.5) is 0 Å². The summed E-state index contributed by atoms with van der Waals surface area (Å²) in [5, 5.41) is 3.10. The third-order valence-corrected chi connectivity index (χ3v) is 7.11. The average molecular weight is 339 g/mol. The summed E-state index contributed by atoms with van der Waals surface area (Å²) < 4.78 is 0. The first-order valence-corrected chi connectivity index (χ1v) is 10.5. The molecule has 0 aliphatic carbocycles. The average Bonchev–Trinajstić information content (AvgIpc) is 3.13. The standard InChI is InChI=1S/C17H26N2OS2/c1-2-14-6-3-4-8-19(14)9-5-7-18-17(20)15-10-13-11-21-12-16(13)22-15/h10,14H,2-9,11-12H2,1H3,(H,18,20). The molecule has 0 saturated carbocycles. The van der Waals surface area contributed by atoms with Gasteiger partial charge in [0.2, 0.25) is 0 Å². The third-order valence-electron chi connectivity index (χ3n) is 4.74. The summed E-state index contributed by atoms with van der Waals surface area (Å²) in [7, 11) is 0. The lowest BCUT2D eigenvalue weighted by Crippen LogP contribution is -2.40. The first-order valence-electron chi connectivity index (χ1n) is 8.49. The molecule has 1 amide bonds. The number of rotatable bonds is 6. The highest BCUT2D eigenvalue weighted by atomic mass is 32.2. The van der Waals surface area contributed by atoms with Gasteiger partial charge < -0.3 is 10.2 Å². The first kappa shape index (κ1) is 16.3. The normalized spacial score (nSPS) is 21.8. The van der Waals surface area contributed by atoms with Crippen molar-refractivity contribution in [2.45, 2.75) is 56.6 Å². The van der Waals surface area contributed by atoms with Gasteiger partial charge in [-0.05, 0) is 43.9 Å². The summed E-state index contributed by atoms with van der Waals surface area (Å²) >= 11 is 3.62. The molecule has 0 bridgehead atoms. The molecule has 5 heteroatoms. The second kappa shape index (κ2) is 7.84. The zero-order valence-corrected chi connectivity index (χ0v) is 15.0. The Hall–Kier alpha value is -0.520. The van der Waals surface area contributed by atoms with E-state index in [9.17, 15) is 4.79 Å². The monoisotopic (exact) mass is 338 g/mol. The van der Waals surface area contributed by atoms with Crippen LogP contribution < -0.4 is 5.32 Å². The van der Waals surface area contributed by atoms with Crippen LogP contribution in [-0.2, 0) is 11.5 Å². The van der Waals surface area contributed by atoms with Gasteiger partial charge in [0.25, 0.3) is 5.91 Å². The summed E-state index contributed by atoms with van der Waals surface area (Å²) in [4.78, 5) is 17.1. The van der Waals surface area contributed by atoms with Crippen LogP contribution in [0.1, 0.15) is 59.1 Å². The van der Waals surface area contributed by atoms with E-state index in [4.69, 9.17) is 0 Å². The fourth-order valence-electron chi connectivity index (χ4n) is 3.46. The number of thioether (sulfide) groups is 1. The zero-order chi connectivity index (χ0) is 15.4. The number of amides is 1. The van der Waals surface area contributed by atoms with Gasteiger partial charge in [-0.3, -0.25) is 4.79 Å². The highest BCUT2D eigenvalue weighted by Crippen LogP contribution is 2.36. The van der Waals surface area contributed by atoms with Crippen LogP contribution in [0.15, 0.2) is 6.07 Å². The van der Waals surface area contributed by atoms with Crippen molar-refractivity contribution in [3.8, 4) is 0 Å². The van der Waals surface area contributed by atoms with E-state index in [1.165, 1.54) is 42.7 Å². The highest BCUT2D eigenvalue weighted by molar-refractivity contribution is 7.98. The molecule has 1 fully saturated rings. The molecule has 1 saturated heterocycles. The van der Waals surface area contributed by atoms with Crippen LogP contribution in [0.25, 0.3) is 0 Å². The molecular weight excluding hydrogens is 312 g/mol. The number of thiophene rings is 1. The maximum atomic E-state index is 12.2. The fourth-order valence-corrected chi connectivity index (χ4v) is 5.89. The van der Waals surface area contributed by atoms with E-state index in [0.29, 0.717) is 0 Å². The van der Waals surface area contributed by atoms with Crippen LogP contribution >= 0.6 is 23.1 Å². The molecule has 3 heterocycles. The van der Waals surface area contributed by atoms with Gasteiger partial charge in [-0.1, -0.05) is 13.3 Å². The van der Waals surface area contributed by atoms with Crippen molar-refractivity contribution in [2.24, 2.45) is 0 Å².